The summed E-state index contributed by atoms with van der Waals surface area (Å²) in [6, 6.07) is 43.5. The lowest BCUT2D eigenvalue weighted by Gasteiger charge is -2.32. The maximum Gasteiger partial charge on any atom is 0.407 e. The number of hydrogen-bond acceptors (Lipinski definition) is 8. The zero-order valence-electron chi connectivity index (χ0n) is 35.4. The van der Waals surface area contributed by atoms with Gasteiger partial charge in [-0.15, -0.1) is 0 Å². The van der Waals surface area contributed by atoms with Crippen molar-refractivity contribution in [1.82, 2.24) is 20.9 Å². The molecule has 0 fully saturated rings. The molecule has 4 amide bonds. The predicted octanol–water partition coefficient (Wildman–Crippen LogP) is 8.35. The number of benzene rings is 5. The summed E-state index contributed by atoms with van der Waals surface area (Å²) in [5.74, 6) is -1.33. The molecule has 0 aromatic heterocycles. The lowest BCUT2D eigenvalue weighted by Crippen LogP contribution is -2.51. The summed E-state index contributed by atoms with van der Waals surface area (Å²) in [6.45, 7) is 5.10. The number of ketones is 1. The topological polar surface area (TPSA) is 152 Å². The van der Waals surface area contributed by atoms with Crippen molar-refractivity contribution in [3.05, 3.63) is 167 Å². The summed E-state index contributed by atoms with van der Waals surface area (Å²) in [5, 5.41) is 8.00. The Morgan fingerprint density at radius 1 is 0.645 bits per heavy atom. The van der Waals surface area contributed by atoms with E-state index in [2.05, 4.69) is 16.0 Å². The first-order valence-corrected chi connectivity index (χ1v) is 20.9. The van der Waals surface area contributed by atoms with Crippen LogP contribution in [0.4, 0.5) is 14.4 Å². The Kier molecular flexibility index (Phi) is 15.5. The van der Waals surface area contributed by atoms with E-state index in [9.17, 15) is 24.0 Å². The first kappa shape index (κ1) is 44.6. The molecule has 12 nitrogen and oxygen atoms in total. The largest absolute Gasteiger partial charge is 0.449 e. The van der Waals surface area contributed by atoms with E-state index in [1.807, 2.05) is 140 Å². The van der Waals surface area contributed by atoms with Crippen molar-refractivity contribution in [2.24, 2.45) is 0 Å². The van der Waals surface area contributed by atoms with Crippen LogP contribution in [0.2, 0.25) is 0 Å². The number of carbonyl (C=O) groups is 5. The number of Topliss-reactive ketones (excluding diaryl/α,β-unsaturated/α-hetero) is 1. The fourth-order valence-electron chi connectivity index (χ4n) is 7.47. The van der Waals surface area contributed by atoms with Gasteiger partial charge in [0.15, 0.2) is 5.78 Å². The van der Waals surface area contributed by atoms with Crippen molar-refractivity contribution in [2.45, 2.75) is 63.7 Å². The third kappa shape index (κ3) is 12.8. The molecule has 0 spiro atoms. The van der Waals surface area contributed by atoms with Crippen molar-refractivity contribution in [2.75, 3.05) is 32.8 Å². The van der Waals surface area contributed by atoms with Crippen molar-refractivity contribution >= 4 is 30.0 Å². The molecule has 0 bridgehead atoms. The summed E-state index contributed by atoms with van der Waals surface area (Å²) in [4.78, 5) is 68.6. The summed E-state index contributed by atoms with van der Waals surface area (Å²) in [6.07, 6.45) is -2.33. The molecule has 3 N–H and O–H groups in total. The van der Waals surface area contributed by atoms with Crippen molar-refractivity contribution in [3.63, 3.8) is 0 Å². The van der Waals surface area contributed by atoms with Gasteiger partial charge >= 0.3 is 18.3 Å². The Balaban J connectivity index is 1.20. The van der Waals surface area contributed by atoms with Crippen LogP contribution < -0.4 is 16.0 Å². The molecule has 1 aliphatic carbocycles. The average Bonchev–Trinajstić information content (AvgIpc) is 3.60. The number of fused-ring (bicyclic) bond motifs is 3. The average molecular weight is 839 g/mol. The molecule has 0 saturated carbocycles. The van der Waals surface area contributed by atoms with Crippen LogP contribution in [0.15, 0.2) is 140 Å². The second kappa shape index (κ2) is 21.5. The molecule has 62 heavy (non-hydrogen) atoms. The minimum atomic E-state index is -1.17. The number of nitrogens with one attached hydrogen (secondary N) is 3. The monoisotopic (exact) mass is 838 g/mol. The molecule has 1 atom stereocenters. The van der Waals surface area contributed by atoms with Crippen LogP contribution in [0.1, 0.15) is 73.3 Å². The van der Waals surface area contributed by atoms with Gasteiger partial charge in [-0.05, 0) is 66.1 Å². The van der Waals surface area contributed by atoms with Crippen LogP contribution in [-0.4, -0.2) is 79.3 Å². The number of ether oxygens (including phenoxy) is 3. The first-order valence-electron chi connectivity index (χ1n) is 20.9. The number of alkyl carbamates (subject to hydrolysis) is 3. The van der Waals surface area contributed by atoms with E-state index in [0.29, 0.717) is 0 Å². The zero-order chi connectivity index (χ0) is 43.9. The molecule has 0 unspecified atom stereocenters. The van der Waals surface area contributed by atoms with E-state index in [1.54, 1.807) is 25.7 Å². The summed E-state index contributed by atoms with van der Waals surface area (Å²) in [7, 11) is 0. The van der Waals surface area contributed by atoms with Gasteiger partial charge in [0.2, 0.25) is 5.91 Å². The maximum atomic E-state index is 14.9. The third-order valence-electron chi connectivity index (χ3n) is 10.5. The van der Waals surface area contributed by atoms with Crippen LogP contribution in [0.5, 0.6) is 0 Å². The van der Waals surface area contributed by atoms with E-state index >= 15 is 0 Å². The first-order chi connectivity index (χ1) is 29.9. The zero-order valence-corrected chi connectivity index (χ0v) is 35.4. The molecule has 322 valence electrons. The van der Waals surface area contributed by atoms with Gasteiger partial charge in [-0.2, -0.15) is 0 Å². The molecule has 6 rings (SSSR count). The number of rotatable bonds is 18. The molecule has 1 aliphatic rings. The van der Waals surface area contributed by atoms with Gasteiger partial charge in [-0.3, -0.25) is 9.59 Å². The Bertz CT molecular complexity index is 2200. The van der Waals surface area contributed by atoms with Gasteiger partial charge in [0.05, 0.1) is 6.54 Å². The molecule has 0 heterocycles. The van der Waals surface area contributed by atoms with E-state index in [1.165, 1.54) is 0 Å². The van der Waals surface area contributed by atoms with Gasteiger partial charge < -0.3 is 35.1 Å². The lowest BCUT2D eigenvalue weighted by atomic mass is 9.90. The highest BCUT2D eigenvalue weighted by Crippen LogP contribution is 2.44. The second-order valence-corrected chi connectivity index (χ2v) is 16.1. The number of amides is 4. The van der Waals surface area contributed by atoms with Crippen LogP contribution in [-0.2, 0) is 30.4 Å². The lowest BCUT2D eigenvalue weighted by molar-refractivity contribution is -0.134. The van der Waals surface area contributed by atoms with Gasteiger partial charge in [0, 0.05) is 37.9 Å². The van der Waals surface area contributed by atoms with Crippen LogP contribution in [0.25, 0.3) is 11.1 Å². The summed E-state index contributed by atoms with van der Waals surface area (Å²) < 4.78 is 16.6. The van der Waals surface area contributed by atoms with Crippen LogP contribution >= 0.6 is 0 Å². The highest BCUT2D eigenvalue weighted by molar-refractivity contribution is 5.88. The van der Waals surface area contributed by atoms with Gasteiger partial charge in [0.1, 0.15) is 24.9 Å². The standard InChI is InChI=1S/C50H54N4O8/c1-50(2,3)62-48(58)51-29-27-45(53-49(59)61-34-44-41-25-15-13-23-39(41)40-24-14-16-26-42(40)44)46(56)54(32-43(36-19-9-5-10-20-36)37-21-11-6-12-22-37)30-28-38(55)31-52-47(57)60-33-35-17-7-4-8-18-35/h4-26,43-45H,27-34H2,1-3H3,(H,51,58)(H,52,57)(H,53,59)/t45-/m0/s1. The number of nitrogens with zero attached hydrogens (tertiary/aromatic N) is 1. The fraction of sp³-hybridized carbons (Fsp3) is 0.300. The Morgan fingerprint density at radius 2 is 1.19 bits per heavy atom. The maximum absolute atomic E-state index is 14.9. The smallest absolute Gasteiger partial charge is 0.407 e. The normalized spacial score (nSPS) is 12.3. The highest BCUT2D eigenvalue weighted by atomic mass is 16.6. The van der Waals surface area contributed by atoms with E-state index in [-0.39, 0.29) is 69.9 Å². The Morgan fingerprint density at radius 3 is 1.77 bits per heavy atom. The molecule has 0 saturated heterocycles. The minimum absolute atomic E-state index is 0.0110. The Hall–Kier alpha value is -6.95. The van der Waals surface area contributed by atoms with Crippen molar-refractivity contribution < 1.29 is 38.2 Å². The minimum Gasteiger partial charge on any atom is -0.449 e. The van der Waals surface area contributed by atoms with Gasteiger partial charge in [-0.1, -0.05) is 140 Å². The molecular formula is C50H54N4O8. The molecule has 5 aromatic rings. The molecule has 0 aliphatic heterocycles. The SMILES string of the molecule is CC(C)(C)OC(=O)NCC[C@H](NC(=O)OCC1c2ccccc2-c2ccccc21)C(=O)N(CCC(=O)CNC(=O)OCc1ccccc1)CC(c1ccccc1)c1ccccc1. The molecule has 0 radical (unpaired) electrons. The van der Waals surface area contributed by atoms with Crippen LogP contribution in [0.3, 0.4) is 0 Å². The highest BCUT2D eigenvalue weighted by Gasteiger charge is 2.32. The van der Waals surface area contributed by atoms with Gasteiger partial charge in [0.25, 0.3) is 0 Å². The Labute approximate surface area is 363 Å². The van der Waals surface area contributed by atoms with Crippen molar-refractivity contribution in [1.29, 1.82) is 0 Å². The quantitative estimate of drug-likeness (QED) is 0.0745. The summed E-state index contributed by atoms with van der Waals surface area (Å²) >= 11 is 0. The van der Waals surface area contributed by atoms with E-state index in [0.717, 1.165) is 38.9 Å². The number of hydrogen-bond donors (Lipinski definition) is 3. The third-order valence-corrected chi connectivity index (χ3v) is 10.5. The molecule has 12 heteroatoms. The second-order valence-electron chi connectivity index (χ2n) is 16.1. The van der Waals surface area contributed by atoms with E-state index < -0.39 is 35.8 Å². The van der Waals surface area contributed by atoms with Crippen molar-refractivity contribution in [3.8, 4) is 11.1 Å². The van der Waals surface area contributed by atoms with Crippen LogP contribution in [0, 0.1) is 0 Å². The predicted molar refractivity (Wildman–Crippen MR) is 236 cm³/mol. The number of carbonyl (C=O) groups excluding carboxylic acids is 5. The van der Waals surface area contributed by atoms with E-state index in [4.69, 9.17) is 14.2 Å². The fourth-order valence-corrected chi connectivity index (χ4v) is 7.47. The van der Waals surface area contributed by atoms with Gasteiger partial charge in [-0.25, -0.2) is 14.4 Å². The molecular weight excluding hydrogens is 785 g/mol. The molecule has 5 aromatic carbocycles. The summed E-state index contributed by atoms with van der Waals surface area (Å²) in [5.41, 5.74) is 6.17.